The third kappa shape index (κ3) is 8.50. The van der Waals surface area contributed by atoms with Crippen LogP contribution in [0.2, 0.25) is 0 Å². The predicted molar refractivity (Wildman–Crippen MR) is 56.5 cm³/mol. The zero-order chi connectivity index (χ0) is 15.2. The zero-order valence-electron chi connectivity index (χ0n) is 12.2. The topological polar surface area (TPSA) is 144 Å². The summed E-state index contributed by atoms with van der Waals surface area (Å²) < 4.78 is 8.08. The van der Waals surface area contributed by atoms with Crippen LogP contribution in [0.5, 0.6) is 0 Å². The molecule has 9 nitrogen and oxygen atoms in total. The van der Waals surface area contributed by atoms with Gasteiger partial charge in [0.15, 0.2) is 5.60 Å². The smallest absolute Gasteiger partial charge is 1.00 e. The molecular formula is C10H13KO9. The Kier molecular flexibility index (Phi) is 10.1. The minimum absolute atomic E-state index is 0. The van der Waals surface area contributed by atoms with Crippen molar-refractivity contribution in [3.05, 3.63) is 0 Å². The summed E-state index contributed by atoms with van der Waals surface area (Å²) >= 11 is 0. The number of carbonyl (C=O) groups excluding carboxylic acids is 4. The Morgan fingerprint density at radius 2 is 1.25 bits per heavy atom. The van der Waals surface area contributed by atoms with Crippen LogP contribution in [0.4, 0.5) is 0 Å². The van der Waals surface area contributed by atoms with E-state index < -0.39 is 48.3 Å². The predicted octanol–water partition coefficient (Wildman–Crippen LogP) is -4.12. The number of carbonyl (C=O) groups is 5. The molecule has 10 heteroatoms. The first-order valence-corrected chi connectivity index (χ1v) is 4.95. The van der Waals surface area contributed by atoms with Gasteiger partial charge < -0.3 is 21.1 Å². The van der Waals surface area contributed by atoms with E-state index in [9.17, 15) is 29.1 Å². The van der Waals surface area contributed by atoms with E-state index in [-0.39, 0.29) is 52.8 Å². The van der Waals surface area contributed by atoms with Crippen LogP contribution in [-0.2, 0) is 33.4 Å². The molecule has 2 N–H and O–H groups in total. The van der Waals surface area contributed by atoms with Crippen molar-refractivity contribution in [3.8, 4) is 0 Å². The minimum Gasteiger partial charge on any atom is -1.00 e. The maximum atomic E-state index is 11.1. The van der Waals surface area contributed by atoms with Gasteiger partial charge in [-0.3, -0.25) is 19.2 Å². The van der Waals surface area contributed by atoms with Crippen LogP contribution in [0.3, 0.4) is 0 Å². The summed E-state index contributed by atoms with van der Waals surface area (Å²) in [6.45, 7) is 1.81. The van der Waals surface area contributed by atoms with Gasteiger partial charge in [-0.05, 0) is 0 Å². The summed E-state index contributed by atoms with van der Waals surface area (Å²) in [5.41, 5.74) is -2.82. The quantitative estimate of drug-likeness (QED) is 0.293. The third-order valence-corrected chi connectivity index (χ3v) is 1.79. The molecule has 0 atom stereocenters. The molecule has 0 bridgehead atoms. The first kappa shape index (κ1) is 21.6. The first-order chi connectivity index (χ1) is 8.56. The molecule has 0 aliphatic carbocycles. The monoisotopic (exact) mass is 316 g/mol. The number of rotatable bonds is 5. The summed E-state index contributed by atoms with van der Waals surface area (Å²) in [5, 5.41) is 18.4. The van der Waals surface area contributed by atoms with E-state index in [1.165, 1.54) is 0 Å². The second kappa shape index (κ2) is 9.31. The fraction of sp³-hybridized carbons (Fsp3) is 0.500. The molecule has 0 unspecified atom stereocenters. The second-order valence-corrected chi connectivity index (χ2v) is 3.62. The average molecular weight is 316 g/mol. The van der Waals surface area contributed by atoms with E-state index in [0.29, 0.717) is 0 Å². The van der Waals surface area contributed by atoms with Crippen LogP contribution in [0.15, 0.2) is 0 Å². The zero-order valence-corrected chi connectivity index (χ0v) is 14.3. The van der Waals surface area contributed by atoms with Gasteiger partial charge in [0.1, 0.15) is 0 Å². The van der Waals surface area contributed by atoms with E-state index in [1.807, 2.05) is 0 Å². The summed E-state index contributed by atoms with van der Waals surface area (Å²) in [7, 11) is 0. The van der Waals surface area contributed by atoms with Crippen molar-refractivity contribution in [1.29, 1.82) is 0 Å². The summed E-state index contributed by atoms with van der Waals surface area (Å²) in [6.07, 6.45) is -2.29. The van der Waals surface area contributed by atoms with E-state index in [0.717, 1.165) is 13.8 Å². The number of hydrogen-bond donors (Lipinski definition) is 2. The molecule has 0 aromatic rings. The SMILES string of the molecule is CC(=O)OC(=O)CC(O)(CC(=O)OC(C)=O)C(=O)O.[H-].[K+]. The summed E-state index contributed by atoms with van der Waals surface area (Å²) in [5.74, 6) is -6.54. The molecule has 0 aromatic carbocycles. The van der Waals surface area contributed by atoms with Crippen LogP contribution in [0.25, 0.3) is 0 Å². The van der Waals surface area contributed by atoms with Gasteiger partial charge in [0, 0.05) is 13.8 Å². The molecular weight excluding hydrogens is 303 g/mol. The molecule has 20 heavy (non-hydrogen) atoms. The van der Waals surface area contributed by atoms with Gasteiger partial charge in [0.2, 0.25) is 0 Å². The first-order valence-electron chi connectivity index (χ1n) is 4.95. The molecule has 0 amide bonds. The normalized spacial score (nSPS) is 9.95. The Bertz CT molecular complexity index is 404. The van der Waals surface area contributed by atoms with Crippen LogP contribution in [-0.4, -0.2) is 45.7 Å². The van der Waals surface area contributed by atoms with Crippen molar-refractivity contribution in [2.24, 2.45) is 0 Å². The number of carboxylic acid groups (broad SMARTS) is 1. The second-order valence-electron chi connectivity index (χ2n) is 3.62. The molecule has 0 fully saturated rings. The number of aliphatic carboxylic acids is 1. The van der Waals surface area contributed by atoms with Gasteiger partial charge in [0.25, 0.3) is 0 Å². The van der Waals surface area contributed by atoms with E-state index >= 15 is 0 Å². The van der Waals surface area contributed by atoms with Gasteiger partial charge in [-0.2, -0.15) is 0 Å². The van der Waals surface area contributed by atoms with Crippen molar-refractivity contribution >= 4 is 29.8 Å². The Hall–Kier alpha value is -0.654. The number of hydrogen-bond acceptors (Lipinski definition) is 8. The van der Waals surface area contributed by atoms with Crippen LogP contribution >= 0.6 is 0 Å². The van der Waals surface area contributed by atoms with E-state index in [1.54, 1.807) is 0 Å². The largest absolute Gasteiger partial charge is 1.00 e. The summed E-state index contributed by atoms with van der Waals surface area (Å²) in [4.78, 5) is 54.0. The number of ether oxygens (including phenoxy) is 2. The number of aliphatic hydroxyl groups is 1. The maximum absolute atomic E-state index is 11.1. The van der Waals surface area contributed by atoms with Crippen molar-refractivity contribution in [3.63, 3.8) is 0 Å². The van der Waals surface area contributed by atoms with Crippen molar-refractivity contribution in [1.82, 2.24) is 0 Å². The Labute approximate surface area is 157 Å². The van der Waals surface area contributed by atoms with Gasteiger partial charge >= 0.3 is 81.2 Å². The standard InChI is InChI=1S/C10H12O9.K.H/c1-5(11)18-7(13)3-10(17,9(15)16)4-8(14)19-6(2)12;;/h17H,3-4H2,1-2H3,(H,15,16);;/q;+1;-1. The van der Waals surface area contributed by atoms with Crippen molar-refractivity contribution < 1.29 is 96.5 Å². The van der Waals surface area contributed by atoms with Crippen LogP contribution < -0.4 is 51.4 Å². The van der Waals surface area contributed by atoms with Crippen molar-refractivity contribution in [2.75, 3.05) is 0 Å². The molecule has 0 aliphatic heterocycles. The van der Waals surface area contributed by atoms with E-state index in [4.69, 9.17) is 5.11 Å². The molecule has 0 aliphatic rings. The summed E-state index contributed by atoms with van der Waals surface area (Å²) in [6, 6.07) is 0. The van der Waals surface area contributed by atoms with Gasteiger partial charge in [0.05, 0.1) is 12.8 Å². The van der Waals surface area contributed by atoms with Crippen LogP contribution in [0, 0.1) is 0 Å². The minimum atomic E-state index is -2.82. The average Bonchev–Trinajstić information content (AvgIpc) is 2.12. The van der Waals surface area contributed by atoms with Crippen molar-refractivity contribution in [2.45, 2.75) is 32.3 Å². The Morgan fingerprint density at radius 1 is 0.950 bits per heavy atom. The van der Waals surface area contributed by atoms with E-state index in [2.05, 4.69) is 9.47 Å². The fourth-order valence-electron chi connectivity index (χ4n) is 1.08. The third-order valence-electron chi connectivity index (χ3n) is 1.79. The fourth-order valence-corrected chi connectivity index (χ4v) is 1.08. The molecule has 0 rings (SSSR count). The van der Waals surface area contributed by atoms with Gasteiger partial charge in [-0.1, -0.05) is 0 Å². The Morgan fingerprint density at radius 3 is 1.45 bits per heavy atom. The number of carboxylic acids is 1. The van der Waals surface area contributed by atoms with Gasteiger partial charge in [-0.25, -0.2) is 4.79 Å². The molecule has 0 aromatic heterocycles. The molecule has 0 heterocycles. The molecule has 0 saturated heterocycles. The maximum Gasteiger partial charge on any atom is 1.00 e. The van der Waals surface area contributed by atoms with Gasteiger partial charge in [-0.15, -0.1) is 0 Å². The Balaban J connectivity index is -0.00000162. The molecule has 108 valence electrons. The number of esters is 4. The van der Waals surface area contributed by atoms with Crippen LogP contribution in [0.1, 0.15) is 28.1 Å². The molecule has 0 radical (unpaired) electrons. The molecule has 0 spiro atoms. The molecule has 0 saturated carbocycles.